The maximum Gasteiger partial charge on any atom is 0.238 e. The van der Waals surface area contributed by atoms with Gasteiger partial charge in [0.15, 0.2) is 11.7 Å². The quantitative estimate of drug-likeness (QED) is 0.424. The van der Waals surface area contributed by atoms with Crippen LogP contribution in [0.1, 0.15) is 11.5 Å². The lowest BCUT2D eigenvalue weighted by molar-refractivity contribution is 0.519. The largest absolute Gasteiger partial charge is 0.440 e. The van der Waals surface area contributed by atoms with Crippen LogP contribution in [0.4, 0.5) is 0 Å². The number of rotatable bonds is 5. The van der Waals surface area contributed by atoms with Crippen LogP contribution in [0, 0.1) is 0 Å². The van der Waals surface area contributed by atoms with Crippen LogP contribution in [0.25, 0.3) is 22.6 Å². The SMILES string of the molecule is NS(=O)(=O)c1ccc(-c2nc(Cc3ccccc3)oc2-c2ccc(Cl)cc2Cl)cc1. The summed E-state index contributed by atoms with van der Waals surface area (Å²) in [5.41, 5.74) is 2.90. The highest BCUT2D eigenvalue weighted by Crippen LogP contribution is 2.38. The molecule has 0 fully saturated rings. The highest BCUT2D eigenvalue weighted by molar-refractivity contribution is 7.89. The van der Waals surface area contributed by atoms with Crippen LogP contribution in [0.3, 0.4) is 0 Å². The average Bonchev–Trinajstić information content (AvgIpc) is 3.11. The van der Waals surface area contributed by atoms with E-state index in [-0.39, 0.29) is 4.90 Å². The van der Waals surface area contributed by atoms with Gasteiger partial charge in [-0.25, -0.2) is 18.5 Å². The van der Waals surface area contributed by atoms with Crippen molar-refractivity contribution in [1.82, 2.24) is 4.98 Å². The molecule has 0 radical (unpaired) electrons. The van der Waals surface area contributed by atoms with Crippen LogP contribution >= 0.6 is 23.2 Å². The standard InChI is InChI=1S/C22H16Cl2N2O3S/c23-16-8-11-18(19(24)13-16)22-21(15-6-9-17(10-7-15)30(25,27)28)26-20(29-22)12-14-4-2-1-3-5-14/h1-11,13H,12H2,(H2,25,27,28). The Labute approximate surface area is 184 Å². The number of nitrogens with zero attached hydrogens (tertiary/aromatic N) is 1. The number of aromatic nitrogens is 1. The van der Waals surface area contributed by atoms with Gasteiger partial charge in [0.1, 0.15) is 5.69 Å². The second-order valence-corrected chi connectivity index (χ2v) is 9.05. The van der Waals surface area contributed by atoms with Gasteiger partial charge in [-0.1, -0.05) is 65.7 Å². The molecule has 4 rings (SSSR count). The maximum absolute atomic E-state index is 11.6. The Balaban J connectivity index is 1.83. The van der Waals surface area contributed by atoms with Gasteiger partial charge >= 0.3 is 0 Å². The summed E-state index contributed by atoms with van der Waals surface area (Å²) in [6.07, 6.45) is 0.494. The molecule has 0 aliphatic carbocycles. The minimum absolute atomic E-state index is 0.0188. The molecular formula is C22H16Cl2N2O3S. The van der Waals surface area contributed by atoms with Crippen molar-refractivity contribution in [2.45, 2.75) is 11.3 Å². The zero-order valence-electron chi connectivity index (χ0n) is 15.5. The molecule has 2 N–H and O–H groups in total. The normalized spacial score (nSPS) is 11.6. The minimum Gasteiger partial charge on any atom is -0.440 e. The lowest BCUT2D eigenvalue weighted by atomic mass is 10.1. The van der Waals surface area contributed by atoms with E-state index < -0.39 is 10.0 Å². The number of hydrogen-bond acceptors (Lipinski definition) is 4. The van der Waals surface area contributed by atoms with Gasteiger partial charge < -0.3 is 4.42 Å². The molecule has 0 saturated carbocycles. The molecule has 1 aromatic heterocycles. The predicted octanol–water partition coefficient (Wildman–Crippen LogP) is 5.55. The number of halogens is 2. The smallest absolute Gasteiger partial charge is 0.238 e. The van der Waals surface area contributed by atoms with Crippen LogP contribution in [0.15, 0.2) is 82.1 Å². The first-order chi connectivity index (χ1) is 14.3. The number of benzene rings is 3. The summed E-state index contributed by atoms with van der Waals surface area (Å²) in [6, 6.07) is 21.1. The van der Waals surface area contributed by atoms with Crippen molar-refractivity contribution in [3.05, 3.63) is 94.3 Å². The highest BCUT2D eigenvalue weighted by Gasteiger charge is 2.20. The maximum atomic E-state index is 11.6. The van der Waals surface area contributed by atoms with Crippen LogP contribution in [0.2, 0.25) is 10.0 Å². The van der Waals surface area contributed by atoms with Crippen molar-refractivity contribution < 1.29 is 12.8 Å². The highest BCUT2D eigenvalue weighted by atomic mass is 35.5. The van der Waals surface area contributed by atoms with Crippen LogP contribution < -0.4 is 5.14 Å². The molecule has 1 heterocycles. The summed E-state index contributed by atoms with van der Waals surface area (Å²) in [7, 11) is -3.79. The van der Waals surface area contributed by atoms with Crippen LogP contribution in [-0.4, -0.2) is 13.4 Å². The van der Waals surface area contributed by atoms with Crippen LogP contribution in [0.5, 0.6) is 0 Å². The molecule has 3 aromatic carbocycles. The van der Waals surface area contributed by atoms with Crippen molar-refractivity contribution in [2.24, 2.45) is 5.14 Å². The summed E-state index contributed by atoms with van der Waals surface area (Å²) in [4.78, 5) is 4.69. The lowest BCUT2D eigenvalue weighted by Crippen LogP contribution is -2.11. The van der Waals surface area contributed by atoms with Crippen molar-refractivity contribution >= 4 is 33.2 Å². The Kier molecular flexibility index (Phi) is 5.66. The minimum atomic E-state index is -3.79. The van der Waals surface area contributed by atoms with E-state index in [1.165, 1.54) is 12.1 Å². The number of hydrogen-bond donors (Lipinski definition) is 1. The average molecular weight is 459 g/mol. The fourth-order valence-electron chi connectivity index (χ4n) is 3.06. The van der Waals surface area contributed by atoms with Crippen molar-refractivity contribution in [2.75, 3.05) is 0 Å². The zero-order chi connectivity index (χ0) is 21.3. The van der Waals surface area contributed by atoms with E-state index in [1.807, 2.05) is 30.3 Å². The number of oxazole rings is 1. The molecule has 0 bridgehead atoms. The first kappa shape index (κ1) is 20.6. The van der Waals surface area contributed by atoms with Crippen molar-refractivity contribution in [3.63, 3.8) is 0 Å². The molecule has 0 atom stereocenters. The van der Waals surface area contributed by atoms with Crippen molar-refractivity contribution in [3.8, 4) is 22.6 Å². The number of sulfonamides is 1. The van der Waals surface area contributed by atoms with E-state index in [0.717, 1.165) is 5.56 Å². The van der Waals surface area contributed by atoms with Gasteiger partial charge in [-0.05, 0) is 35.9 Å². The summed E-state index contributed by atoms with van der Waals surface area (Å²) in [5, 5.41) is 6.13. The lowest BCUT2D eigenvalue weighted by Gasteiger charge is -2.05. The van der Waals surface area contributed by atoms with E-state index in [1.54, 1.807) is 30.3 Å². The molecular weight excluding hydrogens is 443 g/mol. The molecule has 0 aliphatic heterocycles. The fraction of sp³-hybridized carbons (Fsp3) is 0.0455. The topological polar surface area (TPSA) is 86.2 Å². The summed E-state index contributed by atoms with van der Waals surface area (Å²) >= 11 is 12.4. The third-order valence-electron chi connectivity index (χ3n) is 4.50. The molecule has 4 aromatic rings. The van der Waals surface area contributed by atoms with Crippen molar-refractivity contribution in [1.29, 1.82) is 0 Å². The van der Waals surface area contributed by atoms with Gasteiger partial charge in [0.2, 0.25) is 10.0 Å². The second kappa shape index (κ2) is 8.24. The third-order valence-corrected chi connectivity index (χ3v) is 5.98. The Morgan fingerprint density at radius 1 is 0.933 bits per heavy atom. The Bertz CT molecular complexity index is 1300. The Morgan fingerprint density at radius 2 is 1.63 bits per heavy atom. The molecule has 30 heavy (non-hydrogen) atoms. The molecule has 8 heteroatoms. The van der Waals surface area contributed by atoms with E-state index in [0.29, 0.717) is 44.9 Å². The van der Waals surface area contributed by atoms with Gasteiger partial charge in [0, 0.05) is 22.6 Å². The Hall–Kier alpha value is -2.64. The molecule has 5 nitrogen and oxygen atoms in total. The van der Waals surface area contributed by atoms with E-state index in [4.69, 9.17) is 32.8 Å². The number of primary sulfonamides is 1. The summed E-state index contributed by atoms with van der Waals surface area (Å²) in [5.74, 6) is 0.985. The zero-order valence-corrected chi connectivity index (χ0v) is 17.9. The monoisotopic (exact) mass is 458 g/mol. The number of nitrogens with two attached hydrogens (primary N) is 1. The fourth-order valence-corrected chi connectivity index (χ4v) is 4.07. The van der Waals surface area contributed by atoms with Gasteiger partial charge in [-0.2, -0.15) is 0 Å². The molecule has 0 amide bonds. The van der Waals surface area contributed by atoms with Gasteiger partial charge in [0.05, 0.1) is 9.92 Å². The van der Waals surface area contributed by atoms with Crippen LogP contribution in [-0.2, 0) is 16.4 Å². The predicted molar refractivity (Wildman–Crippen MR) is 118 cm³/mol. The van der Waals surface area contributed by atoms with Gasteiger partial charge in [0.25, 0.3) is 0 Å². The molecule has 0 aliphatic rings. The molecule has 0 saturated heterocycles. The van der Waals surface area contributed by atoms with E-state index in [2.05, 4.69) is 4.98 Å². The first-order valence-corrected chi connectivity index (χ1v) is 11.2. The van der Waals surface area contributed by atoms with E-state index in [9.17, 15) is 8.42 Å². The van der Waals surface area contributed by atoms with Gasteiger partial charge in [-0.15, -0.1) is 0 Å². The molecule has 0 spiro atoms. The third kappa shape index (κ3) is 4.42. The molecule has 152 valence electrons. The molecule has 0 unspecified atom stereocenters. The first-order valence-electron chi connectivity index (χ1n) is 8.93. The summed E-state index contributed by atoms with van der Waals surface area (Å²) in [6.45, 7) is 0. The summed E-state index contributed by atoms with van der Waals surface area (Å²) < 4.78 is 29.2. The second-order valence-electron chi connectivity index (χ2n) is 6.64. The van der Waals surface area contributed by atoms with Gasteiger partial charge in [-0.3, -0.25) is 0 Å². The van der Waals surface area contributed by atoms with E-state index >= 15 is 0 Å². The Morgan fingerprint density at radius 3 is 2.27 bits per heavy atom.